The van der Waals surface area contributed by atoms with Crippen molar-refractivity contribution in [2.75, 3.05) is 38.2 Å². The van der Waals surface area contributed by atoms with Crippen LogP contribution >= 0.6 is 11.8 Å². The third kappa shape index (κ3) is 5.23. The number of nitrogens with zero attached hydrogens (tertiary/aromatic N) is 1. The second kappa shape index (κ2) is 7.55. The van der Waals surface area contributed by atoms with Gasteiger partial charge in [-0.3, -0.25) is 0 Å². The predicted octanol–water partition coefficient (Wildman–Crippen LogP) is 1.81. The van der Waals surface area contributed by atoms with E-state index in [1.54, 1.807) is 0 Å². The minimum Gasteiger partial charge on any atom is -0.313 e. The van der Waals surface area contributed by atoms with Gasteiger partial charge in [0.2, 0.25) is 0 Å². The Labute approximate surface area is 92.8 Å². The summed E-state index contributed by atoms with van der Waals surface area (Å²) in [6.45, 7) is 7.31. The summed E-state index contributed by atoms with van der Waals surface area (Å²) in [6.07, 6.45) is 6.25. The molecule has 1 saturated heterocycles. The monoisotopic (exact) mass is 216 g/mol. The van der Waals surface area contributed by atoms with Gasteiger partial charge in [-0.15, -0.1) is 0 Å². The summed E-state index contributed by atoms with van der Waals surface area (Å²) < 4.78 is 0. The fourth-order valence-electron chi connectivity index (χ4n) is 1.98. The van der Waals surface area contributed by atoms with Gasteiger partial charge in [-0.25, -0.2) is 0 Å². The van der Waals surface area contributed by atoms with Crippen molar-refractivity contribution in [1.29, 1.82) is 0 Å². The minimum atomic E-state index is 0.679. The van der Waals surface area contributed by atoms with Crippen molar-refractivity contribution < 1.29 is 0 Å². The number of hydrogen-bond donors (Lipinski definition) is 1. The second-order valence-electron chi connectivity index (χ2n) is 4.21. The molecule has 0 aromatic heterocycles. The van der Waals surface area contributed by atoms with Crippen LogP contribution in [0, 0.1) is 0 Å². The number of hydrogen-bond acceptors (Lipinski definition) is 3. The van der Waals surface area contributed by atoms with Crippen LogP contribution in [0.15, 0.2) is 0 Å². The lowest BCUT2D eigenvalue weighted by Gasteiger charge is -2.21. The molecule has 1 rings (SSSR count). The fraction of sp³-hybridized carbons (Fsp3) is 1.00. The van der Waals surface area contributed by atoms with Crippen LogP contribution < -0.4 is 5.32 Å². The number of thioether (sulfide) groups is 1. The summed E-state index contributed by atoms with van der Waals surface area (Å²) >= 11 is 1.96. The summed E-state index contributed by atoms with van der Waals surface area (Å²) in [4.78, 5) is 2.62. The minimum absolute atomic E-state index is 0.679. The molecule has 84 valence electrons. The Morgan fingerprint density at radius 1 is 1.43 bits per heavy atom. The molecule has 1 aliphatic heterocycles. The van der Waals surface area contributed by atoms with Crippen molar-refractivity contribution in [3.8, 4) is 0 Å². The van der Waals surface area contributed by atoms with Gasteiger partial charge in [0.25, 0.3) is 0 Å². The summed E-state index contributed by atoms with van der Waals surface area (Å²) in [5.74, 6) is 1.32. The smallest absolute Gasteiger partial charge is 0.0166 e. The zero-order chi connectivity index (χ0) is 10.2. The molecule has 2 nitrogen and oxygen atoms in total. The first-order valence-corrected chi connectivity index (χ1v) is 7.17. The van der Waals surface area contributed by atoms with E-state index in [-0.39, 0.29) is 0 Å². The van der Waals surface area contributed by atoms with E-state index in [1.165, 1.54) is 51.2 Å². The maximum Gasteiger partial charge on any atom is 0.0166 e. The average Bonchev–Trinajstić information content (AvgIpc) is 2.38. The molecule has 1 fully saturated rings. The van der Waals surface area contributed by atoms with E-state index in [1.807, 2.05) is 11.8 Å². The van der Waals surface area contributed by atoms with Crippen LogP contribution in [0.1, 0.15) is 26.2 Å². The molecule has 0 aromatic rings. The van der Waals surface area contributed by atoms with E-state index in [0.29, 0.717) is 6.04 Å². The molecular formula is C11H24N2S. The van der Waals surface area contributed by atoms with Gasteiger partial charge >= 0.3 is 0 Å². The van der Waals surface area contributed by atoms with E-state index >= 15 is 0 Å². The largest absolute Gasteiger partial charge is 0.313 e. The zero-order valence-corrected chi connectivity index (χ0v) is 10.4. The normalized spacial score (nSPS) is 24.9. The highest BCUT2D eigenvalue weighted by Gasteiger charge is 2.12. The molecule has 1 heterocycles. The fourth-order valence-corrected chi connectivity index (χ4v) is 2.47. The van der Waals surface area contributed by atoms with Gasteiger partial charge in [0.05, 0.1) is 0 Å². The van der Waals surface area contributed by atoms with Gasteiger partial charge in [-0.2, -0.15) is 11.8 Å². The molecule has 0 bridgehead atoms. The van der Waals surface area contributed by atoms with Gasteiger partial charge in [-0.1, -0.05) is 0 Å². The summed E-state index contributed by atoms with van der Waals surface area (Å²) in [5.41, 5.74) is 0. The second-order valence-corrected chi connectivity index (χ2v) is 5.19. The van der Waals surface area contributed by atoms with Crippen molar-refractivity contribution in [3.05, 3.63) is 0 Å². The van der Waals surface area contributed by atoms with Crippen molar-refractivity contribution in [1.82, 2.24) is 10.2 Å². The Hall–Kier alpha value is 0.270. The Balaban J connectivity index is 2.09. The summed E-state index contributed by atoms with van der Waals surface area (Å²) in [5, 5.41) is 3.53. The molecule has 0 aromatic carbocycles. The summed E-state index contributed by atoms with van der Waals surface area (Å²) in [6, 6.07) is 0.679. The van der Waals surface area contributed by atoms with Crippen molar-refractivity contribution in [2.24, 2.45) is 0 Å². The van der Waals surface area contributed by atoms with Gasteiger partial charge < -0.3 is 10.2 Å². The maximum absolute atomic E-state index is 3.53. The van der Waals surface area contributed by atoms with Crippen molar-refractivity contribution in [3.63, 3.8) is 0 Å². The SMILES string of the molecule is CSCCCCN1CCCNC(C)C1. The maximum atomic E-state index is 3.53. The molecule has 0 spiro atoms. The van der Waals surface area contributed by atoms with E-state index in [4.69, 9.17) is 0 Å². The first-order valence-electron chi connectivity index (χ1n) is 5.77. The molecule has 0 radical (unpaired) electrons. The third-order valence-electron chi connectivity index (χ3n) is 2.75. The molecule has 1 aliphatic rings. The topological polar surface area (TPSA) is 15.3 Å². The lowest BCUT2D eigenvalue weighted by molar-refractivity contribution is 0.269. The molecule has 1 unspecified atom stereocenters. The average molecular weight is 216 g/mol. The van der Waals surface area contributed by atoms with Crippen LogP contribution in [0.4, 0.5) is 0 Å². The van der Waals surface area contributed by atoms with E-state index in [0.717, 1.165) is 0 Å². The molecule has 0 aliphatic carbocycles. The third-order valence-corrected chi connectivity index (χ3v) is 3.45. The van der Waals surface area contributed by atoms with Crippen LogP contribution in [0.25, 0.3) is 0 Å². The van der Waals surface area contributed by atoms with Gasteiger partial charge in [-0.05, 0) is 57.8 Å². The van der Waals surface area contributed by atoms with Gasteiger partial charge in [0.15, 0.2) is 0 Å². The van der Waals surface area contributed by atoms with Gasteiger partial charge in [0.1, 0.15) is 0 Å². The predicted molar refractivity (Wildman–Crippen MR) is 66.1 cm³/mol. The van der Waals surface area contributed by atoms with Gasteiger partial charge in [0, 0.05) is 12.6 Å². The first kappa shape index (κ1) is 12.3. The number of nitrogens with one attached hydrogen (secondary N) is 1. The van der Waals surface area contributed by atoms with E-state index in [2.05, 4.69) is 23.4 Å². The lowest BCUT2D eigenvalue weighted by Crippen LogP contribution is -2.35. The Morgan fingerprint density at radius 3 is 3.07 bits per heavy atom. The summed E-state index contributed by atoms with van der Waals surface area (Å²) in [7, 11) is 0. The molecule has 3 heteroatoms. The lowest BCUT2D eigenvalue weighted by atomic mass is 10.2. The highest BCUT2D eigenvalue weighted by atomic mass is 32.2. The quantitative estimate of drug-likeness (QED) is 0.706. The van der Waals surface area contributed by atoms with Crippen LogP contribution in [-0.2, 0) is 0 Å². The standard InChI is InChI=1S/C11H24N2S/c1-11-10-13(8-5-6-12-11)7-3-4-9-14-2/h11-12H,3-10H2,1-2H3. The van der Waals surface area contributed by atoms with Crippen LogP contribution in [-0.4, -0.2) is 49.1 Å². The van der Waals surface area contributed by atoms with Crippen molar-refractivity contribution >= 4 is 11.8 Å². The van der Waals surface area contributed by atoms with Crippen molar-refractivity contribution in [2.45, 2.75) is 32.2 Å². The van der Waals surface area contributed by atoms with Crippen LogP contribution in [0.2, 0.25) is 0 Å². The molecule has 1 N–H and O–H groups in total. The van der Waals surface area contributed by atoms with Crippen LogP contribution in [0.5, 0.6) is 0 Å². The van der Waals surface area contributed by atoms with Crippen LogP contribution in [0.3, 0.4) is 0 Å². The first-order chi connectivity index (χ1) is 6.83. The number of unbranched alkanes of at least 4 members (excludes halogenated alkanes) is 1. The Bertz CT molecular complexity index is 141. The highest BCUT2D eigenvalue weighted by Crippen LogP contribution is 2.04. The van der Waals surface area contributed by atoms with E-state index in [9.17, 15) is 0 Å². The zero-order valence-electron chi connectivity index (χ0n) is 9.59. The molecule has 0 amide bonds. The molecule has 1 atom stereocenters. The Morgan fingerprint density at radius 2 is 2.29 bits per heavy atom. The molecule has 14 heavy (non-hydrogen) atoms. The molecule has 0 saturated carbocycles. The number of rotatable bonds is 5. The Kier molecular flexibility index (Phi) is 6.65. The highest BCUT2D eigenvalue weighted by molar-refractivity contribution is 7.98. The van der Waals surface area contributed by atoms with E-state index < -0.39 is 0 Å². The molecular weight excluding hydrogens is 192 g/mol.